The lowest BCUT2D eigenvalue weighted by Gasteiger charge is -2.10. The predicted octanol–water partition coefficient (Wildman–Crippen LogP) is 4.55. The van der Waals surface area contributed by atoms with Crippen LogP contribution in [0.1, 0.15) is 31.6 Å². The molecule has 1 amide bonds. The van der Waals surface area contributed by atoms with Crippen LogP contribution < -0.4 is 5.32 Å². The largest absolute Gasteiger partial charge is 0.469 e. The van der Waals surface area contributed by atoms with Crippen LogP contribution in [0.25, 0.3) is 11.4 Å². The summed E-state index contributed by atoms with van der Waals surface area (Å²) < 4.78 is 7.45. The Hall–Kier alpha value is -2.54. The van der Waals surface area contributed by atoms with Crippen LogP contribution in [0.15, 0.2) is 46.2 Å². The van der Waals surface area contributed by atoms with E-state index in [1.165, 1.54) is 11.8 Å². The van der Waals surface area contributed by atoms with Gasteiger partial charge in [-0.15, -0.1) is 10.2 Å². The number of anilines is 1. The van der Waals surface area contributed by atoms with Gasteiger partial charge in [-0.3, -0.25) is 4.79 Å². The zero-order valence-electron chi connectivity index (χ0n) is 15.9. The number of nitrogens with one attached hydrogen (secondary N) is 1. The van der Waals surface area contributed by atoms with Gasteiger partial charge in [0.25, 0.3) is 0 Å². The lowest BCUT2D eigenvalue weighted by atomic mass is 10.1. The van der Waals surface area contributed by atoms with Crippen LogP contribution in [-0.2, 0) is 17.8 Å². The number of hydrogen-bond donors (Lipinski definition) is 1. The molecule has 0 spiro atoms. The number of thioether (sulfide) groups is 1. The van der Waals surface area contributed by atoms with Crippen molar-refractivity contribution in [3.63, 3.8) is 0 Å². The van der Waals surface area contributed by atoms with Crippen LogP contribution in [0.5, 0.6) is 0 Å². The number of furan rings is 1. The first kappa shape index (κ1) is 19.2. The lowest BCUT2D eigenvalue weighted by Crippen LogP contribution is -2.15. The first-order valence-electron chi connectivity index (χ1n) is 9.12. The summed E-state index contributed by atoms with van der Waals surface area (Å²) in [7, 11) is 0. The number of aromatic nitrogens is 3. The Labute approximate surface area is 163 Å². The van der Waals surface area contributed by atoms with E-state index in [2.05, 4.69) is 33.9 Å². The molecule has 27 heavy (non-hydrogen) atoms. The Morgan fingerprint density at radius 3 is 2.74 bits per heavy atom. The predicted molar refractivity (Wildman–Crippen MR) is 108 cm³/mol. The third kappa shape index (κ3) is 4.42. The molecule has 7 heteroatoms. The van der Waals surface area contributed by atoms with Crippen molar-refractivity contribution in [1.29, 1.82) is 0 Å². The third-order valence-electron chi connectivity index (χ3n) is 4.27. The zero-order valence-corrected chi connectivity index (χ0v) is 16.7. The summed E-state index contributed by atoms with van der Waals surface area (Å²) in [5.41, 5.74) is 2.93. The molecule has 6 nitrogen and oxygen atoms in total. The number of para-hydroxylation sites is 1. The van der Waals surface area contributed by atoms with Crippen LogP contribution >= 0.6 is 11.8 Å². The smallest absolute Gasteiger partial charge is 0.234 e. The highest BCUT2D eigenvalue weighted by Crippen LogP contribution is 2.27. The first-order chi connectivity index (χ1) is 13.1. The van der Waals surface area contributed by atoms with E-state index in [9.17, 15) is 4.79 Å². The minimum absolute atomic E-state index is 0.0482. The van der Waals surface area contributed by atoms with Gasteiger partial charge < -0.3 is 14.3 Å². The molecule has 0 aliphatic carbocycles. The van der Waals surface area contributed by atoms with Crippen molar-refractivity contribution < 1.29 is 9.21 Å². The van der Waals surface area contributed by atoms with E-state index in [0.29, 0.717) is 0 Å². The van der Waals surface area contributed by atoms with Gasteiger partial charge in [0.1, 0.15) is 5.76 Å². The number of carbonyl (C=O) groups excluding carboxylic acids is 1. The topological polar surface area (TPSA) is 73.0 Å². The molecular formula is C20H24N4O2S. The number of benzene rings is 1. The Kier molecular flexibility index (Phi) is 6.34. The number of rotatable bonds is 8. The third-order valence-corrected chi connectivity index (χ3v) is 5.24. The minimum atomic E-state index is -0.0482. The van der Waals surface area contributed by atoms with E-state index < -0.39 is 0 Å². The molecule has 142 valence electrons. The zero-order chi connectivity index (χ0) is 19.2. The van der Waals surface area contributed by atoms with Gasteiger partial charge in [-0.2, -0.15) is 0 Å². The average molecular weight is 385 g/mol. The normalized spacial score (nSPS) is 10.9. The van der Waals surface area contributed by atoms with E-state index in [0.717, 1.165) is 52.9 Å². The highest BCUT2D eigenvalue weighted by molar-refractivity contribution is 7.99. The molecule has 1 aromatic carbocycles. The molecule has 1 N–H and O–H groups in total. The molecular weight excluding hydrogens is 360 g/mol. The van der Waals surface area contributed by atoms with Gasteiger partial charge in [-0.05, 0) is 37.5 Å². The standard InChI is InChI=1S/C20H24N4O2S/c1-4-11-24-19(16-10-12-26-14(16)3)22-23-20(24)27-13-18(25)21-17-9-7-6-8-15(17)5-2/h6-10,12H,4-5,11,13H2,1-3H3,(H,21,25). The summed E-state index contributed by atoms with van der Waals surface area (Å²) >= 11 is 1.40. The summed E-state index contributed by atoms with van der Waals surface area (Å²) in [6.07, 6.45) is 3.48. The van der Waals surface area contributed by atoms with Crippen LogP contribution in [0.4, 0.5) is 5.69 Å². The number of carbonyl (C=O) groups is 1. The molecule has 0 aliphatic heterocycles. The Morgan fingerprint density at radius 2 is 2.04 bits per heavy atom. The molecule has 0 saturated carbocycles. The van der Waals surface area contributed by atoms with Crippen molar-refractivity contribution in [1.82, 2.24) is 14.8 Å². The van der Waals surface area contributed by atoms with E-state index in [1.54, 1.807) is 6.26 Å². The number of nitrogens with zero attached hydrogens (tertiary/aromatic N) is 3. The summed E-state index contributed by atoms with van der Waals surface area (Å²) in [4.78, 5) is 12.4. The molecule has 0 atom stereocenters. The minimum Gasteiger partial charge on any atom is -0.469 e. The van der Waals surface area contributed by atoms with Gasteiger partial charge in [0, 0.05) is 12.2 Å². The van der Waals surface area contributed by atoms with E-state index >= 15 is 0 Å². The second-order valence-electron chi connectivity index (χ2n) is 6.20. The van der Waals surface area contributed by atoms with Crippen molar-refractivity contribution in [2.24, 2.45) is 0 Å². The maximum Gasteiger partial charge on any atom is 0.234 e. The summed E-state index contributed by atoms with van der Waals surface area (Å²) in [6.45, 7) is 6.88. The number of aryl methyl sites for hydroxylation is 2. The fraction of sp³-hybridized carbons (Fsp3) is 0.350. The molecule has 3 rings (SSSR count). The maximum absolute atomic E-state index is 12.4. The van der Waals surface area contributed by atoms with Gasteiger partial charge >= 0.3 is 0 Å². The number of amides is 1. The van der Waals surface area contributed by atoms with Gasteiger partial charge in [0.05, 0.1) is 17.6 Å². The monoisotopic (exact) mass is 384 g/mol. The Balaban J connectivity index is 1.71. The molecule has 0 saturated heterocycles. The van der Waals surface area contributed by atoms with Crippen molar-refractivity contribution >= 4 is 23.4 Å². The van der Waals surface area contributed by atoms with Crippen LogP contribution in [0.2, 0.25) is 0 Å². The van der Waals surface area contributed by atoms with Crippen LogP contribution in [0, 0.1) is 6.92 Å². The highest BCUT2D eigenvalue weighted by Gasteiger charge is 2.18. The fourth-order valence-electron chi connectivity index (χ4n) is 2.90. The number of hydrogen-bond acceptors (Lipinski definition) is 5. The molecule has 0 bridgehead atoms. The lowest BCUT2D eigenvalue weighted by molar-refractivity contribution is -0.113. The first-order valence-corrected chi connectivity index (χ1v) is 10.1. The molecule has 2 heterocycles. The second kappa shape index (κ2) is 8.90. The summed E-state index contributed by atoms with van der Waals surface area (Å²) in [5, 5.41) is 12.4. The summed E-state index contributed by atoms with van der Waals surface area (Å²) in [6, 6.07) is 9.77. The van der Waals surface area contributed by atoms with Crippen LogP contribution in [-0.4, -0.2) is 26.4 Å². The molecule has 0 aliphatic rings. The van der Waals surface area contributed by atoms with Gasteiger partial charge in [0.15, 0.2) is 11.0 Å². The Bertz CT molecular complexity index is 916. The molecule has 3 aromatic rings. The highest BCUT2D eigenvalue weighted by atomic mass is 32.2. The van der Waals surface area contributed by atoms with Gasteiger partial charge in [-0.1, -0.05) is 43.8 Å². The maximum atomic E-state index is 12.4. The van der Waals surface area contributed by atoms with Gasteiger partial charge in [0.2, 0.25) is 5.91 Å². The molecule has 0 unspecified atom stereocenters. The van der Waals surface area contributed by atoms with Crippen molar-refractivity contribution in [2.75, 3.05) is 11.1 Å². The Morgan fingerprint density at radius 1 is 1.22 bits per heavy atom. The molecule has 2 aromatic heterocycles. The van der Waals surface area contributed by atoms with Crippen molar-refractivity contribution in [3.8, 4) is 11.4 Å². The average Bonchev–Trinajstić information content (AvgIpc) is 3.26. The fourth-order valence-corrected chi connectivity index (χ4v) is 3.67. The SMILES string of the molecule is CCCn1c(SCC(=O)Nc2ccccc2CC)nnc1-c1ccoc1C. The summed E-state index contributed by atoms with van der Waals surface area (Å²) in [5.74, 6) is 1.82. The van der Waals surface area contributed by atoms with E-state index in [4.69, 9.17) is 4.42 Å². The van der Waals surface area contributed by atoms with Crippen molar-refractivity contribution in [2.45, 2.75) is 45.3 Å². The van der Waals surface area contributed by atoms with E-state index in [1.807, 2.05) is 37.3 Å². The van der Waals surface area contributed by atoms with Gasteiger partial charge in [-0.25, -0.2) is 0 Å². The second-order valence-corrected chi connectivity index (χ2v) is 7.14. The van der Waals surface area contributed by atoms with Crippen molar-refractivity contribution in [3.05, 3.63) is 47.9 Å². The molecule has 0 radical (unpaired) electrons. The van der Waals surface area contributed by atoms with E-state index in [-0.39, 0.29) is 11.7 Å². The van der Waals surface area contributed by atoms with Crippen LogP contribution in [0.3, 0.4) is 0 Å². The molecule has 0 fully saturated rings. The quantitative estimate of drug-likeness (QED) is 0.577.